The third kappa shape index (κ3) is 0.778. The minimum Gasteiger partial charge on any atom is -0.396 e. The van der Waals surface area contributed by atoms with E-state index in [1.165, 1.54) is 19.3 Å². The van der Waals surface area contributed by atoms with Crippen molar-refractivity contribution < 1.29 is 5.11 Å². The molecule has 1 aliphatic rings. The van der Waals surface area contributed by atoms with E-state index in [9.17, 15) is 0 Å². The highest BCUT2D eigenvalue weighted by Crippen LogP contribution is 2.39. The van der Waals surface area contributed by atoms with Gasteiger partial charge in [-0.15, -0.1) is 0 Å². The van der Waals surface area contributed by atoms with E-state index in [2.05, 4.69) is 6.92 Å². The number of hydrogen-bond acceptors (Lipinski definition) is 1. The van der Waals surface area contributed by atoms with Gasteiger partial charge in [0.2, 0.25) is 0 Å². The fourth-order valence-corrected chi connectivity index (χ4v) is 0.938. The van der Waals surface area contributed by atoms with Crippen LogP contribution in [0.4, 0.5) is 0 Å². The zero-order chi connectivity index (χ0) is 5.33. The smallest absolute Gasteiger partial charge is 0.0484 e. The Bertz CT molecular complexity index is 59.1. The normalized spacial score (nSPS) is 26.6. The van der Waals surface area contributed by atoms with Crippen molar-refractivity contribution in [3.8, 4) is 0 Å². The lowest BCUT2D eigenvalue weighted by Crippen LogP contribution is -2.29. The van der Waals surface area contributed by atoms with Gasteiger partial charge in [-0.05, 0) is 18.3 Å². The summed E-state index contributed by atoms with van der Waals surface area (Å²) in [5, 5.41) is 8.65. The second kappa shape index (κ2) is 1.48. The fourth-order valence-electron chi connectivity index (χ4n) is 0.938. The molecule has 42 valence electrons. The molecule has 1 saturated carbocycles. The molecule has 0 unspecified atom stereocenters. The summed E-state index contributed by atoms with van der Waals surface area (Å²) in [4.78, 5) is 0. The van der Waals surface area contributed by atoms with Gasteiger partial charge >= 0.3 is 0 Å². The minimum atomic E-state index is 0.319. The highest BCUT2D eigenvalue weighted by molar-refractivity contribution is 4.81. The largest absolute Gasteiger partial charge is 0.396 e. The van der Waals surface area contributed by atoms with E-state index in [4.69, 9.17) is 5.11 Å². The molecule has 0 heterocycles. The third-order valence-corrected chi connectivity index (χ3v) is 1.94. The summed E-state index contributed by atoms with van der Waals surface area (Å²) >= 11 is 0. The monoisotopic (exact) mass is 100 g/mol. The van der Waals surface area contributed by atoms with Gasteiger partial charge in [0.05, 0.1) is 0 Å². The Labute approximate surface area is 44.4 Å². The molecule has 1 heteroatoms. The first kappa shape index (κ1) is 5.10. The number of hydrogen-bond donors (Lipinski definition) is 1. The standard InChI is InChI=1S/C6H12O/c1-6(5-7)3-2-4-6/h7H,2-5H2,1H3. The topological polar surface area (TPSA) is 20.2 Å². The maximum absolute atomic E-state index is 8.65. The van der Waals surface area contributed by atoms with Crippen molar-refractivity contribution in [3.63, 3.8) is 0 Å². The number of aliphatic hydroxyl groups is 1. The Balaban J connectivity index is 2.29. The summed E-state index contributed by atoms with van der Waals surface area (Å²) in [5.41, 5.74) is 0.319. The molecule has 0 aliphatic heterocycles. The van der Waals surface area contributed by atoms with Crippen molar-refractivity contribution in [2.75, 3.05) is 6.61 Å². The molecule has 1 nitrogen and oxygen atoms in total. The van der Waals surface area contributed by atoms with Crippen molar-refractivity contribution in [3.05, 3.63) is 0 Å². The molecule has 0 bridgehead atoms. The SMILES string of the molecule is CC1(CO)CCC1. The van der Waals surface area contributed by atoms with Crippen molar-refractivity contribution >= 4 is 0 Å². The summed E-state index contributed by atoms with van der Waals surface area (Å²) in [6.07, 6.45) is 3.77. The van der Waals surface area contributed by atoms with Gasteiger partial charge in [0.1, 0.15) is 0 Å². The lowest BCUT2D eigenvalue weighted by atomic mass is 9.71. The second-order valence-corrected chi connectivity index (χ2v) is 2.82. The lowest BCUT2D eigenvalue weighted by molar-refractivity contribution is 0.0637. The molecule has 1 aliphatic carbocycles. The average molecular weight is 100 g/mol. The molecule has 1 rings (SSSR count). The number of rotatable bonds is 1. The van der Waals surface area contributed by atoms with Crippen LogP contribution < -0.4 is 0 Å². The van der Waals surface area contributed by atoms with Crippen LogP contribution in [0.5, 0.6) is 0 Å². The summed E-state index contributed by atoms with van der Waals surface area (Å²) in [7, 11) is 0. The van der Waals surface area contributed by atoms with E-state index in [1.807, 2.05) is 0 Å². The zero-order valence-electron chi connectivity index (χ0n) is 4.78. The van der Waals surface area contributed by atoms with Crippen molar-refractivity contribution in [1.82, 2.24) is 0 Å². The highest BCUT2D eigenvalue weighted by Gasteiger charge is 2.30. The van der Waals surface area contributed by atoms with Crippen molar-refractivity contribution in [2.45, 2.75) is 26.2 Å². The fraction of sp³-hybridized carbons (Fsp3) is 1.00. The first-order valence-electron chi connectivity index (χ1n) is 2.88. The Morgan fingerprint density at radius 1 is 1.57 bits per heavy atom. The summed E-state index contributed by atoms with van der Waals surface area (Å²) in [6, 6.07) is 0. The maximum Gasteiger partial charge on any atom is 0.0484 e. The highest BCUT2D eigenvalue weighted by atomic mass is 16.3. The molecular weight excluding hydrogens is 88.1 g/mol. The van der Waals surface area contributed by atoms with E-state index < -0.39 is 0 Å². The summed E-state index contributed by atoms with van der Waals surface area (Å²) < 4.78 is 0. The predicted molar refractivity (Wildman–Crippen MR) is 29.0 cm³/mol. The Hall–Kier alpha value is -0.0400. The molecule has 7 heavy (non-hydrogen) atoms. The summed E-state index contributed by atoms with van der Waals surface area (Å²) in [6.45, 7) is 2.52. The van der Waals surface area contributed by atoms with Crippen LogP contribution in [0.25, 0.3) is 0 Å². The molecule has 0 atom stereocenters. The van der Waals surface area contributed by atoms with Crippen molar-refractivity contribution in [2.24, 2.45) is 5.41 Å². The molecular formula is C6H12O. The molecule has 0 aromatic rings. The first-order chi connectivity index (χ1) is 3.27. The predicted octanol–water partition coefficient (Wildman–Crippen LogP) is 1.17. The Morgan fingerprint density at radius 3 is 2.14 bits per heavy atom. The van der Waals surface area contributed by atoms with Gasteiger partial charge in [0.15, 0.2) is 0 Å². The van der Waals surface area contributed by atoms with Gasteiger partial charge in [0.25, 0.3) is 0 Å². The van der Waals surface area contributed by atoms with Gasteiger partial charge in [-0.1, -0.05) is 13.3 Å². The van der Waals surface area contributed by atoms with E-state index >= 15 is 0 Å². The van der Waals surface area contributed by atoms with Crippen LogP contribution in [-0.2, 0) is 0 Å². The zero-order valence-corrected chi connectivity index (χ0v) is 4.78. The lowest BCUT2D eigenvalue weighted by Gasteiger charge is -2.36. The van der Waals surface area contributed by atoms with Gasteiger partial charge in [0, 0.05) is 6.61 Å². The molecule has 0 amide bonds. The Morgan fingerprint density at radius 2 is 2.14 bits per heavy atom. The molecule has 1 N–H and O–H groups in total. The van der Waals surface area contributed by atoms with Crippen molar-refractivity contribution in [1.29, 1.82) is 0 Å². The molecule has 0 spiro atoms. The van der Waals surface area contributed by atoms with Crippen LogP contribution in [0, 0.1) is 5.41 Å². The van der Waals surface area contributed by atoms with Crippen LogP contribution in [0.1, 0.15) is 26.2 Å². The van der Waals surface area contributed by atoms with Gasteiger partial charge in [-0.25, -0.2) is 0 Å². The Kier molecular flexibility index (Phi) is 1.08. The van der Waals surface area contributed by atoms with E-state index in [0.717, 1.165) is 0 Å². The van der Waals surface area contributed by atoms with E-state index in [1.54, 1.807) is 0 Å². The van der Waals surface area contributed by atoms with E-state index in [-0.39, 0.29) is 0 Å². The molecule has 0 saturated heterocycles. The van der Waals surface area contributed by atoms with E-state index in [0.29, 0.717) is 12.0 Å². The average Bonchev–Trinajstić information content (AvgIpc) is 1.61. The minimum absolute atomic E-state index is 0.319. The van der Waals surface area contributed by atoms with Gasteiger partial charge in [-0.2, -0.15) is 0 Å². The van der Waals surface area contributed by atoms with Crippen LogP contribution in [0.3, 0.4) is 0 Å². The van der Waals surface area contributed by atoms with Crippen LogP contribution in [-0.4, -0.2) is 11.7 Å². The molecule has 0 aromatic carbocycles. The number of aliphatic hydroxyl groups excluding tert-OH is 1. The second-order valence-electron chi connectivity index (χ2n) is 2.82. The third-order valence-electron chi connectivity index (χ3n) is 1.94. The van der Waals surface area contributed by atoms with Crippen LogP contribution in [0.15, 0.2) is 0 Å². The maximum atomic E-state index is 8.65. The van der Waals surface area contributed by atoms with Crippen LogP contribution in [0.2, 0.25) is 0 Å². The first-order valence-corrected chi connectivity index (χ1v) is 2.88. The quantitative estimate of drug-likeness (QED) is 0.524. The van der Waals surface area contributed by atoms with Crippen LogP contribution >= 0.6 is 0 Å². The molecule has 0 aromatic heterocycles. The molecule has 1 fully saturated rings. The van der Waals surface area contributed by atoms with Gasteiger partial charge in [-0.3, -0.25) is 0 Å². The molecule has 0 radical (unpaired) electrons. The van der Waals surface area contributed by atoms with Gasteiger partial charge < -0.3 is 5.11 Å². The summed E-state index contributed by atoms with van der Waals surface area (Å²) in [5.74, 6) is 0.